The predicted molar refractivity (Wildman–Crippen MR) is 91.9 cm³/mol. The van der Waals surface area contributed by atoms with E-state index in [1.165, 1.54) is 0 Å². The van der Waals surface area contributed by atoms with E-state index in [2.05, 4.69) is 37.2 Å². The standard InChI is InChI=1S/C16H17Br2NO2/c1-19-9-11-8-14(4-5-15(11)18)21-10-12-7-13(17)3-6-16(12)20-2/h3-8,19H,9-10H2,1-2H3. The molecule has 0 fully saturated rings. The molecule has 21 heavy (non-hydrogen) atoms. The number of benzene rings is 2. The lowest BCUT2D eigenvalue weighted by Gasteiger charge is -2.12. The minimum atomic E-state index is 0.462. The largest absolute Gasteiger partial charge is 0.496 e. The van der Waals surface area contributed by atoms with Gasteiger partial charge in [0.1, 0.15) is 18.1 Å². The van der Waals surface area contributed by atoms with Crippen molar-refractivity contribution >= 4 is 31.9 Å². The van der Waals surface area contributed by atoms with Gasteiger partial charge in [0.2, 0.25) is 0 Å². The molecular weight excluding hydrogens is 398 g/mol. The van der Waals surface area contributed by atoms with Gasteiger partial charge in [-0.3, -0.25) is 0 Å². The second kappa shape index (κ2) is 7.82. The Kier molecular flexibility index (Phi) is 6.08. The van der Waals surface area contributed by atoms with Crippen LogP contribution in [0.4, 0.5) is 0 Å². The molecule has 0 aliphatic heterocycles. The normalized spacial score (nSPS) is 10.5. The zero-order valence-corrected chi connectivity index (χ0v) is 15.1. The molecule has 2 aromatic rings. The fourth-order valence-corrected chi connectivity index (χ4v) is 2.78. The number of halogens is 2. The summed E-state index contributed by atoms with van der Waals surface area (Å²) in [5.41, 5.74) is 2.17. The van der Waals surface area contributed by atoms with Gasteiger partial charge in [-0.2, -0.15) is 0 Å². The Bertz CT molecular complexity index is 617. The van der Waals surface area contributed by atoms with Crippen molar-refractivity contribution in [2.45, 2.75) is 13.2 Å². The van der Waals surface area contributed by atoms with Crippen molar-refractivity contribution in [3.63, 3.8) is 0 Å². The monoisotopic (exact) mass is 413 g/mol. The zero-order valence-electron chi connectivity index (χ0n) is 12.0. The predicted octanol–water partition coefficient (Wildman–Crippen LogP) is 4.52. The van der Waals surface area contributed by atoms with Gasteiger partial charge in [-0.25, -0.2) is 0 Å². The van der Waals surface area contributed by atoms with E-state index in [1.807, 2.05) is 43.4 Å². The Hall–Kier alpha value is -1.04. The van der Waals surface area contributed by atoms with E-state index < -0.39 is 0 Å². The van der Waals surface area contributed by atoms with E-state index in [9.17, 15) is 0 Å². The third-order valence-corrected chi connectivity index (χ3v) is 4.29. The van der Waals surface area contributed by atoms with Crippen molar-refractivity contribution in [2.75, 3.05) is 14.2 Å². The molecule has 0 spiro atoms. The summed E-state index contributed by atoms with van der Waals surface area (Å²) in [5, 5.41) is 3.14. The molecule has 0 unspecified atom stereocenters. The van der Waals surface area contributed by atoms with Gasteiger partial charge in [0, 0.05) is 21.1 Å². The number of hydrogen-bond donors (Lipinski definition) is 1. The van der Waals surface area contributed by atoms with E-state index in [1.54, 1.807) is 7.11 Å². The first-order chi connectivity index (χ1) is 10.1. The molecule has 0 bridgehead atoms. The maximum absolute atomic E-state index is 5.88. The molecule has 0 amide bonds. The first kappa shape index (κ1) is 16.3. The van der Waals surface area contributed by atoms with Crippen molar-refractivity contribution in [1.29, 1.82) is 0 Å². The highest BCUT2D eigenvalue weighted by Crippen LogP contribution is 2.26. The molecule has 1 N–H and O–H groups in total. The van der Waals surface area contributed by atoms with Crippen LogP contribution < -0.4 is 14.8 Å². The van der Waals surface area contributed by atoms with Crippen LogP contribution in [0.25, 0.3) is 0 Å². The van der Waals surface area contributed by atoms with Crippen LogP contribution >= 0.6 is 31.9 Å². The van der Waals surface area contributed by atoms with Gasteiger partial charge in [0.05, 0.1) is 7.11 Å². The average molecular weight is 415 g/mol. The molecular formula is C16H17Br2NO2. The van der Waals surface area contributed by atoms with Gasteiger partial charge >= 0.3 is 0 Å². The van der Waals surface area contributed by atoms with Crippen molar-refractivity contribution < 1.29 is 9.47 Å². The minimum Gasteiger partial charge on any atom is -0.496 e. The van der Waals surface area contributed by atoms with E-state index in [4.69, 9.17) is 9.47 Å². The molecule has 0 aliphatic rings. The van der Waals surface area contributed by atoms with Crippen LogP contribution in [0.2, 0.25) is 0 Å². The average Bonchev–Trinajstić information content (AvgIpc) is 2.48. The van der Waals surface area contributed by atoms with Gasteiger partial charge in [0.25, 0.3) is 0 Å². The summed E-state index contributed by atoms with van der Waals surface area (Å²) in [5.74, 6) is 1.66. The molecule has 0 saturated heterocycles. The Balaban J connectivity index is 2.13. The van der Waals surface area contributed by atoms with Crippen LogP contribution in [0, 0.1) is 0 Å². The number of methoxy groups -OCH3 is 1. The van der Waals surface area contributed by atoms with Crippen molar-refractivity contribution in [1.82, 2.24) is 5.32 Å². The second-order valence-corrected chi connectivity index (χ2v) is 6.30. The van der Waals surface area contributed by atoms with Gasteiger partial charge in [-0.05, 0) is 49.0 Å². The Morgan fingerprint density at radius 2 is 1.86 bits per heavy atom. The topological polar surface area (TPSA) is 30.5 Å². The van der Waals surface area contributed by atoms with Gasteiger partial charge in [-0.1, -0.05) is 31.9 Å². The van der Waals surface area contributed by atoms with Crippen molar-refractivity contribution in [3.8, 4) is 11.5 Å². The first-order valence-electron chi connectivity index (χ1n) is 6.52. The molecule has 112 valence electrons. The van der Waals surface area contributed by atoms with E-state index in [-0.39, 0.29) is 0 Å². The summed E-state index contributed by atoms with van der Waals surface area (Å²) in [6.45, 7) is 1.25. The van der Waals surface area contributed by atoms with Crippen LogP contribution in [0.3, 0.4) is 0 Å². The molecule has 0 aromatic heterocycles. The number of nitrogens with one attached hydrogen (secondary N) is 1. The van der Waals surface area contributed by atoms with E-state index >= 15 is 0 Å². The number of hydrogen-bond acceptors (Lipinski definition) is 3. The highest BCUT2D eigenvalue weighted by Gasteiger charge is 2.06. The van der Waals surface area contributed by atoms with Crippen molar-refractivity contribution in [2.24, 2.45) is 0 Å². The van der Waals surface area contributed by atoms with Crippen LogP contribution in [-0.4, -0.2) is 14.2 Å². The molecule has 0 saturated carbocycles. The lowest BCUT2D eigenvalue weighted by atomic mass is 10.2. The summed E-state index contributed by atoms with van der Waals surface area (Å²) in [6.07, 6.45) is 0. The highest BCUT2D eigenvalue weighted by molar-refractivity contribution is 9.10. The van der Waals surface area contributed by atoms with Gasteiger partial charge in [0.15, 0.2) is 0 Å². The fraction of sp³-hybridized carbons (Fsp3) is 0.250. The van der Waals surface area contributed by atoms with Crippen LogP contribution in [0.5, 0.6) is 11.5 Å². The molecule has 0 radical (unpaired) electrons. The summed E-state index contributed by atoms with van der Waals surface area (Å²) in [6, 6.07) is 11.9. The lowest BCUT2D eigenvalue weighted by Crippen LogP contribution is -2.06. The summed E-state index contributed by atoms with van der Waals surface area (Å²) < 4.78 is 13.3. The molecule has 0 heterocycles. The SMILES string of the molecule is CNCc1cc(OCc2cc(Br)ccc2OC)ccc1Br. The Labute approximate surface area is 141 Å². The third-order valence-electron chi connectivity index (χ3n) is 3.02. The van der Waals surface area contributed by atoms with Crippen LogP contribution in [0.1, 0.15) is 11.1 Å². The number of rotatable bonds is 6. The summed E-state index contributed by atoms with van der Waals surface area (Å²) in [7, 11) is 3.59. The summed E-state index contributed by atoms with van der Waals surface area (Å²) >= 11 is 7.01. The Morgan fingerprint density at radius 1 is 1.05 bits per heavy atom. The van der Waals surface area contributed by atoms with Gasteiger partial charge < -0.3 is 14.8 Å². The quantitative estimate of drug-likeness (QED) is 0.753. The lowest BCUT2D eigenvalue weighted by molar-refractivity contribution is 0.296. The van der Waals surface area contributed by atoms with Crippen LogP contribution in [-0.2, 0) is 13.2 Å². The maximum atomic E-state index is 5.88. The van der Waals surface area contributed by atoms with E-state index in [0.29, 0.717) is 6.61 Å². The van der Waals surface area contributed by atoms with Crippen LogP contribution in [0.15, 0.2) is 45.3 Å². The fourth-order valence-electron chi connectivity index (χ4n) is 1.99. The van der Waals surface area contributed by atoms with E-state index in [0.717, 1.165) is 38.1 Å². The molecule has 3 nitrogen and oxygen atoms in total. The van der Waals surface area contributed by atoms with Crippen molar-refractivity contribution in [3.05, 3.63) is 56.5 Å². The summed E-state index contributed by atoms with van der Waals surface area (Å²) in [4.78, 5) is 0. The zero-order chi connectivity index (χ0) is 15.2. The second-order valence-electron chi connectivity index (χ2n) is 4.53. The molecule has 2 rings (SSSR count). The third kappa shape index (κ3) is 4.46. The van der Waals surface area contributed by atoms with Gasteiger partial charge in [-0.15, -0.1) is 0 Å². The Morgan fingerprint density at radius 3 is 2.57 bits per heavy atom. The highest BCUT2D eigenvalue weighted by atomic mass is 79.9. The molecule has 5 heteroatoms. The molecule has 0 atom stereocenters. The smallest absolute Gasteiger partial charge is 0.125 e. The molecule has 2 aromatic carbocycles. The maximum Gasteiger partial charge on any atom is 0.125 e. The number of ether oxygens (including phenoxy) is 2. The minimum absolute atomic E-state index is 0.462. The first-order valence-corrected chi connectivity index (χ1v) is 8.11. The molecule has 0 aliphatic carbocycles.